The number of pyridine rings is 11. The molecule has 0 spiro atoms. The maximum absolute atomic E-state index is 14.4. The molecule has 22 nitrogen and oxygen atoms in total. The molecule has 0 saturated heterocycles. The predicted octanol–water partition coefficient (Wildman–Crippen LogP) is 29.4. The normalized spacial score (nSPS) is 11.2. The van der Waals surface area contributed by atoms with Crippen molar-refractivity contribution in [1.29, 1.82) is 0 Å². The molecule has 36 heteroatoms. The third-order valence-corrected chi connectivity index (χ3v) is 25.3. The summed E-state index contributed by atoms with van der Waals surface area (Å²) in [7, 11) is 0. The Morgan fingerprint density at radius 3 is 1.08 bits per heavy atom. The monoisotopic (exact) mass is 2060 g/mol. The molecule has 0 N–H and O–H groups in total. The van der Waals surface area contributed by atoms with Gasteiger partial charge in [-0.15, -0.1) is 11.3 Å². The number of aromatic nitrogens is 22. The minimum absolute atomic E-state index is 0.0775. The summed E-state index contributed by atoms with van der Waals surface area (Å²) in [6, 6.07) is 68.7. The summed E-state index contributed by atoms with van der Waals surface area (Å²) in [6.07, 6.45) is 22.5. The summed E-state index contributed by atoms with van der Waals surface area (Å²) in [4.78, 5) is 52.2. The average Bonchev–Trinajstić information content (AvgIpc) is 1.82. The molecular weight excluding hydrogens is 2000 g/mol. The summed E-state index contributed by atoms with van der Waals surface area (Å²) < 4.78 is 104. The quantitative estimate of drug-likeness (QED) is 0.0815. The number of halogens is 13. The number of thiazole rings is 1. The van der Waals surface area contributed by atoms with E-state index in [1.54, 1.807) is 120 Å². The van der Waals surface area contributed by atoms with Crippen LogP contribution in [0.5, 0.6) is 0 Å². The second-order valence-corrected chi connectivity index (χ2v) is 36.5. The van der Waals surface area contributed by atoms with Crippen molar-refractivity contribution < 1.29 is 30.7 Å². The Morgan fingerprint density at radius 2 is 0.628 bits per heavy atom. The maximum atomic E-state index is 14.4. The maximum Gasteiger partial charge on any atom is 0.416 e. The molecule has 714 valence electrons. The number of hydrogen-bond donors (Lipinski definition) is 0. The number of hydrogen-bond acceptors (Lipinski definition) is 18. The van der Waals surface area contributed by atoms with Gasteiger partial charge in [-0.05, 0) is 290 Å². The Kier molecular flexibility index (Phi) is 28.5. The van der Waals surface area contributed by atoms with E-state index in [0.717, 1.165) is 162 Å². The van der Waals surface area contributed by atoms with Gasteiger partial charge < -0.3 is 0 Å². The number of benzene rings is 7. The fourth-order valence-electron chi connectivity index (χ4n) is 16.0. The van der Waals surface area contributed by atoms with Crippen molar-refractivity contribution in [3.63, 3.8) is 0 Å². The molecule has 17 heterocycles. The Labute approximate surface area is 855 Å². The highest BCUT2D eigenvalue weighted by atomic mass is 35.5. The van der Waals surface area contributed by atoms with Crippen molar-refractivity contribution in [1.82, 2.24) is 108 Å². The second kappa shape index (κ2) is 42.5. The van der Waals surface area contributed by atoms with Crippen molar-refractivity contribution in [3.8, 4) is 134 Å². The molecule has 0 bridgehead atoms. The standard InChI is InChI=1S/C19H13F3N4.C18H10Cl2N2S.C18H11ClF2N4.2C18H12ClFN4.C18H13ClN4/c1-12-7-16(13-5-6-26-17(9-13)24-11-25-26)18(23-10-12)14-3-2-4-15(8-14)19(20,21)22;19-12-4-5-15(20)14(9-12)18-13(2-1-7-21-18)11-3-6-16-17(8-11)23-10-22-16;1-10-4-12(11-2-3-25-17(5-11)23-9-24-25)18(22-8-10)13-6-14(19)16(21)7-15(13)20;1-11-6-14(12-4-5-24-17(8-12)22-10-23-24)18(21-9-11)13-2-3-16(20)15(19)7-13;1-11-6-14(12-4-5-24-17(7-12)22-10-23-24)18(21-9-11)15-8-13(19)2-3-16(15)20;1-12-7-16(13-5-6-23-17(9-13)21-11-22-23)18(20-10-12)14-3-2-4-15(19)8-14/h2-11H,1H3;1-10H;2-9H,1H3;2*2-10H,1H3;2-11H,1H3. The summed E-state index contributed by atoms with van der Waals surface area (Å²) in [6.45, 7) is 9.75. The van der Waals surface area contributed by atoms with Crippen molar-refractivity contribution in [2.24, 2.45) is 0 Å². The van der Waals surface area contributed by atoms with Crippen LogP contribution in [0.2, 0.25) is 30.1 Å². The molecule has 145 heavy (non-hydrogen) atoms. The van der Waals surface area contributed by atoms with E-state index in [2.05, 4.69) is 104 Å². The van der Waals surface area contributed by atoms with Crippen LogP contribution in [-0.4, -0.2) is 108 Å². The molecule has 0 saturated carbocycles. The zero-order valence-corrected chi connectivity index (χ0v) is 81.8. The molecule has 0 aliphatic heterocycles. The van der Waals surface area contributed by atoms with Crippen LogP contribution in [0.3, 0.4) is 0 Å². The zero-order chi connectivity index (χ0) is 101. The molecule has 0 amide bonds. The van der Waals surface area contributed by atoms with Crippen LogP contribution >= 0.6 is 80.9 Å². The number of alkyl halides is 3. The number of aryl methyl sites for hydroxylation is 5. The molecule has 0 aliphatic rings. The highest BCUT2D eigenvalue weighted by Crippen LogP contribution is 2.44. The van der Waals surface area contributed by atoms with Gasteiger partial charge in [0.1, 0.15) is 54.9 Å². The van der Waals surface area contributed by atoms with Crippen LogP contribution in [-0.2, 0) is 6.18 Å². The fraction of sp³-hybridized carbons (Fsp3) is 0.0550. The smallest absolute Gasteiger partial charge is 0.256 e. The first-order chi connectivity index (χ1) is 70.1. The van der Waals surface area contributed by atoms with E-state index in [1.165, 1.54) is 55.6 Å². The molecule has 0 unspecified atom stereocenters. The number of fused-ring (bicyclic) bond motifs is 6. The van der Waals surface area contributed by atoms with E-state index >= 15 is 0 Å². The molecular formula is C109H71Cl6F7N22S. The van der Waals surface area contributed by atoms with Gasteiger partial charge in [0, 0.05) is 156 Å². The largest absolute Gasteiger partial charge is 0.416 e. The van der Waals surface area contributed by atoms with E-state index in [1.807, 2.05) is 198 Å². The van der Waals surface area contributed by atoms with Gasteiger partial charge in [-0.25, -0.2) is 70.0 Å². The van der Waals surface area contributed by atoms with E-state index in [9.17, 15) is 30.7 Å². The minimum Gasteiger partial charge on any atom is -0.256 e. The summed E-state index contributed by atoms with van der Waals surface area (Å²) in [5.41, 5.74) is 29.0. The molecule has 0 aliphatic carbocycles. The Morgan fingerprint density at radius 1 is 0.255 bits per heavy atom. The fourth-order valence-corrected chi connectivity index (χ4v) is 17.8. The van der Waals surface area contributed by atoms with Gasteiger partial charge in [0.2, 0.25) is 0 Å². The first kappa shape index (κ1) is 97.5. The summed E-state index contributed by atoms with van der Waals surface area (Å²) >= 11 is 38.1. The second-order valence-electron chi connectivity index (χ2n) is 33.1. The minimum atomic E-state index is -4.40. The molecule has 0 fully saturated rings. The third kappa shape index (κ3) is 22.0. The van der Waals surface area contributed by atoms with Crippen LogP contribution in [0.15, 0.2) is 342 Å². The van der Waals surface area contributed by atoms with Gasteiger partial charge in [0.15, 0.2) is 28.2 Å². The first-order valence-corrected chi connectivity index (χ1v) is 47.3. The highest BCUT2D eigenvalue weighted by molar-refractivity contribution is 7.16. The number of nitrogens with zero attached hydrogens (tertiary/aromatic N) is 22. The predicted molar refractivity (Wildman–Crippen MR) is 555 cm³/mol. The topological polar surface area (TPSA) is 241 Å². The van der Waals surface area contributed by atoms with Crippen molar-refractivity contribution in [2.45, 2.75) is 40.8 Å². The Bertz CT molecular complexity index is 9000. The summed E-state index contributed by atoms with van der Waals surface area (Å²) in [5, 5.41) is 22.8. The Balaban J connectivity index is 0.000000110. The molecule has 24 aromatic rings. The molecule has 0 radical (unpaired) electrons. The van der Waals surface area contributed by atoms with Gasteiger partial charge in [-0.3, -0.25) is 29.9 Å². The first-order valence-electron chi connectivity index (χ1n) is 44.2. The molecule has 0 atom stereocenters. The third-order valence-electron chi connectivity index (χ3n) is 22.9. The van der Waals surface area contributed by atoms with Gasteiger partial charge >= 0.3 is 6.18 Å². The average molecular weight is 2070 g/mol. The van der Waals surface area contributed by atoms with Crippen LogP contribution in [0.1, 0.15) is 33.4 Å². The van der Waals surface area contributed by atoms with Gasteiger partial charge in [-0.2, -0.15) is 38.7 Å². The Hall–Kier alpha value is -16.3. The highest BCUT2D eigenvalue weighted by Gasteiger charge is 2.31. The lowest BCUT2D eigenvalue weighted by atomic mass is 9.97. The van der Waals surface area contributed by atoms with Gasteiger partial charge in [0.05, 0.1) is 70.5 Å². The van der Waals surface area contributed by atoms with Crippen LogP contribution in [0.4, 0.5) is 30.7 Å². The van der Waals surface area contributed by atoms with Crippen molar-refractivity contribution in [2.75, 3.05) is 0 Å². The van der Waals surface area contributed by atoms with E-state index in [4.69, 9.17) is 69.6 Å². The van der Waals surface area contributed by atoms with Crippen molar-refractivity contribution >= 4 is 119 Å². The number of rotatable bonds is 12. The SMILES string of the molecule is Cc1cnc(-c2cc(Cl)c(F)cc2F)c(-c2ccn3ncnc3c2)c1.Cc1cnc(-c2cc(Cl)ccc2F)c(-c2ccn3ncnc3c2)c1.Cc1cnc(-c2ccc(F)c(Cl)c2)c(-c2ccn3ncnc3c2)c1.Cc1cnc(-c2cccc(C(F)(F)F)c2)c(-c2ccn3ncnc3c2)c1.Cc1cnc(-c2cccc(Cl)c2)c(-c2ccn3ncnc3c2)c1.Clc1ccc(Cl)c(-c2ncccc2-c2ccc3ncsc3c2)c1. The lowest BCUT2D eigenvalue weighted by Gasteiger charge is -2.13. The van der Waals surface area contributed by atoms with Crippen LogP contribution in [0, 0.1) is 57.9 Å². The molecule has 17 aromatic heterocycles. The van der Waals surface area contributed by atoms with Gasteiger partial charge in [0.25, 0.3) is 0 Å². The lowest BCUT2D eigenvalue weighted by Crippen LogP contribution is -2.04. The van der Waals surface area contributed by atoms with Crippen LogP contribution < -0.4 is 0 Å². The molecule has 7 aromatic carbocycles. The van der Waals surface area contributed by atoms with E-state index in [-0.39, 0.29) is 21.4 Å². The van der Waals surface area contributed by atoms with E-state index < -0.39 is 29.2 Å². The zero-order valence-electron chi connectivity index (χ0n) is 76.5. The summed E-state index contributed by atoms with van der Waals surface area (Å²) in [5.74, 6) is -2.33. The van der Waals surface area contributed by atoms with Crippen LogP contribution in [0.25, 0.3) is 173 Å². The van der Waals surface area contributed by atoms with E-state index in [0.29, 0.717) is 70.8 Å². The van der Waals surface area contributed by atoms with Crippen molar-refractivity contribution in [3.05, 3.63) is 429 Å². The van der Waals surface area contributed by atoms with Gasteiger partial charge in [-0.1, -0.05) is 106 Å². The lowest BCUT2D eigenvalue weighted by molar-refractivity contribution is -0.137. The molecule has 24 rings (SSSR count).